The van der Waals surface area contributed by atoms with Crippen LogP contribution in [-0.4, -0.2) is 23.2 Å². The van der Waals surface area contributed by atoms with E-state index < -0.39 is 41.3 Å². The number of carbonyl (C=O) groups excluding carboxylic acids is 1. The number of carbonyl (C=O) groups is 1. The monoisotopic (exact) mass is 312 g/mol. The van der Waals surface area contributed by atoms with E-state index in [-0.39, 0.29) is 5.69 Å². The molecule has 22 heavy (non-hydrogen) atoms. The molecule has 0 aromatic heterocycles. The van der Waals surface area contributed by atoms with Gasteiger partial charge < -0.3 is 10.0 Å². The average molecular weight is 312 g/mol. The molecule has 0 spiro atoms. The van der Waals surface area contributed by atoms with Crippen LogP contribution in [0.25, 0.3) is 0 Å². The summed E-state index contributed by atoms with van der Waals surface area (Å²) in [5.74, 6) is -1.09. The van der Waals surface area contributed by atoms with Gasteiger partial charge in [-0.3, -0.25) is 4.79 Å². The van der Waals surface area contributed by atoms with Gasteiger partial charge in [0, 0.05) is 5.69 Å². The number of rotatable bonds is 2. The second-order valence-corrected chi connectivity index (χ2v) is 5.30. The van der Waals surface area contributed by atoms with Gasteiger partial charge in [0.2, 0.25) is 5.91 Å². The molecular weight excluding hydrogens is 297 g/mol. The molecule has 1 heterocycles. The van der Waals surface area contributed by atoms with Crippen molar-refractivity contribution in [3.05, 3.63) is 29.3 Å². The van der Waals surface area contributed by atoms with Crippen molar-refractivity contribution < 1.29 is 23.1 Å². The molecule has 1 saturated heterocycles. The number of aliphatic hydroxyl groups excluding tert-OH is 1. The maximum atomic E-state index is 13.0. The fraction of sp³-hybridized carbons (Fsp3) is 0.467. The lowest BCUT2D eigenvalue weighted by Crippen LogP contribution is -2.36. The fourth-order valence-corrected chi connectivity index (χ4v) is 2.77. The summed E-state index contributed by atoms with van der Waals surface area (Å²) in [7, 11) is 0. The van der Waals surface area contributed by atoms with Crippen molar-refractivity contribution in [1.29, 1.82) is 5.26 Å². The largest absolute Gasteiger partial charge is 0.417 e. The molecule has 0 bridgehead atoms. The molecule has 1 aliphatic heterocycles. The third-order valence-corrected chi connectivity index (χ3v) is 3.99. The average Bonchev–Trinajstić information content (AvgIpc) is 2.69. The van der Waals surface area contributed by atoms with Gasteiger partial charge in [-0.15, -0.1) is 0 Å². The van der Waals surface area contributed by atoms with Gasteiger partial charge in [-0.2, -0.15) is 18.4 Å². The first kappa shape index (κ1) is 16.3. The molecule has 118 valence electrons. The van der Waals surface area contributed by atoms with Crippen molar-refractivity contribution in [3.63, 3.8) is 0 Å². The normalized spacial score (nSPS) is 25.4. The summed E-state index contributed by atoms with van der Waals surface area (Å²) < 4.78 is 39.1. The molecule has 1 aromatic carbocycles. The Kier molecular flexibility index (Phi) is 4.16. The maximum absolute atomic E-state index is 13.0. The van der Waals surface area contributed by atoms with Gasteiger partial charge >= 0.3 is 6.18 Å². The zero-order chi connectivity index (χ0) is 16.7. The van der Waals surface area contributed by atoms with Gasteiger partial charge in [-0.05, 0) is 24.6 Å². The zero-order valence-corrected chi connectivity index (χ0v) is 12.1. The van der Waals surface area contributed by atoms with Crippen molar-refractivity contribution in [2.45, 2.75) is 38.6 Å². The molecule has 2 rings (SSSR count). The van der Waals surface area contributed by atoms with E-state index in [2.05, 4.69) is 0 Å². The van der Waals surface area contributed by atoms with Crippen LogP contribution in [0.1, 0.15) is 31.4 Å². The first-order chi connectivity index (χ1) is 10.2. The predicted octanol–water partition coefficient (Wildman–Crippen LogP) is 2.70. The Hall–Kier alpha value is -2.07. The van der Waals surface area contributed by atoms with E-state index in [1.165, 1.54) is 17.0 Å². The van der Waals surface area contributed by atoms with Crippen LogP contribution in [-0.2, 0) is 11.0 Å². The molecule has 1 N–H and O–H groups in total. The number of nitriles is 1. The maximum Gasteiger partial charge on any atom is 0.417 e. The number of amides is 1. The predicted molar refractivity (Wildman–Crippen MR) is 72.9 cm³/mol. The van der Waals surface area contributed by atoms with Gasteiger partial charge in [0.15, 0.2) is 0 Å². The number of halogens is 3. The number of alkyl halides is 3. The quantitative estimate of drug-likeness (QED) is 0.913. The number of hydrogen-bond donors (Lipinski definition) is 1. The van der Waals surface area contributed by atoms with Crippen LogP contribution in [0.5, 0.6) is 0 Å². The molecule has 4 nitrogen and oxygen atoms in total. The van der Waals surface area contributed by atoms with E-state index in [0.29, 0.717) is 6.42 Å². The Morgan fingerprint density at radius 2 is 2.05 bits per heavy atom. The fourth-order valence-electron chi connectivity index (χ4n) is 2.77. The minimum atomic E-state index is -4.68. The van der Waals surface area contributed by atoms with Gasteiger partial charge in [0.05, 0.1) is 35.3 Å². The van der Waals surface area contributed by atoms with Crippen molar-refractivity contribution in [2.24, 2.45) is 5.92 Å². The highest BCUT2D eigenvalue weighted by atomic mass is 19.4. The second-order valence-electron chi connectivity index (χ2n) is 5.30. The van der Waals surface area contributed by atoms with Crippen LogP contribution in [0.3, 0.4) is 0 Å². The number of aliphatic hydroxyl groups is 1. The third kappa shape index (κ3) is 2.55. The number of anilines is 1. The highest BCUT2D eigenvalue weighted by Gasteiger charge is 2.45. The number of hydrogen-bond acceptors (Lipinski definition) is 3. The van der Waals surface area contributed by atoms with Crippen LogP contribution in [0.2, 0.25) is 0 Å². The topological polar surface area (TPSA) is 64.3 Å². The number of nitrogens with zero attached hydrogens (tertiary/aromatic N) is 2. The molecule has 1 aliphatic rings. The molecule has 3 unspecified atom stereocenters. The van der Waals surface area contributed by atoms with E-state index >= 15 is 0 Å². The Balaban J connectivity index is 2.54. The molecule has 7 heteroatoms. The number of benzene rings is 1. The Morgan fingerprint density at radius 3 is 2.55 bits per heavy atom. The lowest BCUT2D eigenvalue weighted by Gasteiger charge is -2.26. The molecule has 1 fully saturated rings. The first-order valence-corrected chi connectivity index (χ1v) is 6.84. The minimum Gasteiger partial charge on any atom is -0.390 e. The van der Waals surface area contributed by atoms with Gasteiger partial charge in [0.1, 0.15) is 0 Å². The summed E-state index contributed by atoms with van der Waals surface area (Å²) in [4.78, 5) is 13.4. The summed E-state index contributed by atoms with van der Waals surface area (Å²) in [6.45, 7) is 3.30. The summed E-state index contributed by atoms with van der Waals surface area (Å²) in [6, 6.07) is 4.08. The van der Waals surface area contributed by atoms with Crippen LogP contribution in [0, 0.1) is 17.2 Å². The SMILES string of the molecule is CCC1C(O)C(C)C(=O)N1c1ccc(C#N)c(C(F)(F)F)c1. The van der Waals surface area contributed by atoms with Gasteiger partial charge in [-0.25, -0.2) is 0 Å². The van der Waals surface area contributed by atoms with E-state index in [9.17, 15) is 23.1 Å². The van der Waals surface area contributed by atoms with Crippen LogP contribution in [0.15, 0.2) is 18.2 Å². The standard InChI is InChI=1S/C15H15F3N2O2/c1-3-12-13(21)8(2)14(22)20(12)10-5-4-9(7-19)11(6-10)15(16,17)18/h4-6,8,12-13,21H,3H2,1-2H3. The molecule has 3 atom stereocenters. The van der Waals surface area contributed by atoms with Crippen LogP contribution in [0.4, 0.5) is 18.9 Å². The minimum absolute atomic E-state index is 0.0478. The molecular formula is C15H15F3N2O2. The summed E-state index contributed by atoms with van der Waals surface area (Å²) in [5, 5.41) is 18.9. The summed E-state index contributed by atoms with van der Waals surface area (Å²) in [6.07, 6.45) is -5.20. The first-order valence-electron chi connectivity index (χ1n) is 6.84. The smallest absolute Gasteiger partial charge is 0.390 e. The molecule has 0 radical (unpaired) electrons. The van der Waals surface area contributed by atoms with E-state index in [4.69, 9.17) is 5.26 Å². The van der Waals surface area contributed by atoms with Crippen molar-refractivity contribution in [3.8, 4) is 6.07 Å². The van der Waals surface area contributed by atoms with E-state index in [1.54, 1.807) is 13.8 Å². The Labute approximate surface area is 125 Å². The van der Waals surface area contributed by atoms with Crippen molar-refractivity contribution in [1.82, 2.24) is 0 Å². The van der Waals surface area contributed by atoms with Gasteiger partial charge in [0.25, 0.3) is 0 Å². The van der Waals surface area contributed by atoms with Gasteiger partial charge in [-0.1, -0.05) is 13.8 Å². The van der Waals surface area contributed by atoms with E-state index in [1.807, 2.05) is 0 Å². The Morgan fingerprint density at radius 1 is 1.41 bits per heavy atom. The van der Waals surface area contributed by atoms with Crippen molar-refractivity contribution >= 4 is 11.6 Å². The summed E-state index contributed by atoms with van der Waals surface area (Å²) >= 11 is 0. The second kappa shape index (κ2) is 5.61. The Bertz CT molecular complexity index is 637. The highest BCUT2D eigenvalue weighted by molar-refractivity contribution is 5.98. The van der Waals surface area contributed by atoms with E-state index in [0.717, 1.165) is 12.1 Å². The van der Waals surface area contributed by atoms with Crippen LogP contribution < -0.4 is 4.90 Å². The molecule has 1 amide bonds. The van der Waals surface area contributed by atoms with Crippen LogP contribution >= 0.6 is 0 Å². The lowest BCUT2D eigenvalue weighted by atomic mass is 10.0. The third-order valence-electron chi connectivity index (χ3n) is 3.99. The molecule has 0 saturated carbocycles. The molecule has 1 aromatic rings. The highest BCUT2D eigenvalue weighted by Crippen LogP contribution is 2.38. The zero-order valence-electron chi connectivity index (χ0n) is 12.1. The summed E-state index contributed by atoms with van der Waals surface area (Å²) in [5.41, 5.74) is -1.53. The van der Waals surface area contributed by atoms with Crippen molar-refractivity contribution in [2.75, 3.05) is 4.90 Å². The molecule has 0 aliphatic carbocycles. The lowest BCUT2D eigenvalue weighted by molar-refractivity contribution is -0.137.